The summed E-state index contributed by atoms with van der Waals surface area (Å²) < 4.78 is 8.55. The van der Waals surface area contributed by atoms with Crippen molar-refractivity contribution in [1.82, 2.24) is 9.66 Å². The number of ether oxygens (including phenoxy) is 1. The minimum absolute atomic E-state index is 0.196. The average molecular weight is 536 g/mol. The lowest BCUT2D eigenvalue weighted by Gasteiger charge is -2.08. The van der Waals surface area contributed by atoms with Gasteiger partial charge in [0.05, 0.1) is 20.7 Å². The van der Waals surface area contributed by atoms with Crippen LogP contribution in [0, 0.1) is 15.9 Å². The molecule has 3 rings (SSSR count). The highest BCUT2D eigenvalue weighted by Crippen LogP contribution is 2.21. The van der Waals surface area contributed by atoms with Gasteiger partial charge in [-0.3, -0.25) is 4.79 Å². The van der Waals surface area contributed by atoms with E-state index in [4.69, 9.17) is 11.2 Å². The maximum absolute atomic E-state index is 12.9. The highest BCUT2D eigenvalue weighted by Gasteiger charge is 2.09. The molecule has 0 bridgehead atoms. The topological polar surface area (TPSA) is 56.5 Å². The number of rotatable bonds is 5. The van der Waals surface area contributed by atoms with E-state index in [1.165, 1.54) is 4.68 Å². The van der Waals surface area contributed by atoms with Crippen molar-refractivity contribution in [2.75, 3.05) is 6.61 Å². The van der Waals surface area contributed by atoms with Gasteiger partial charge < -0.3 is 4.74 Å². The number of aromatic nitrogens is 2. The lowest BCUT2D eigenvalue weighted by Crippen LogP contribution is -2.22. The van der Waals surface area contributed by atoms with E-state index in [9.17, 15) is 4.79 Å². The normalized spacial score (nSPS) is 11.0. The average Bonchev–Trinajstić information content (AvgIpc) is 2.66. The van der Waals surface area contributed by atoms with Crippen LogP contribution in [0.2, 0.25) is 0 Å². The number of halogens is 2. The molecule has 0 unspecified atom stereocenters. The van der Waals surface area contributed by atoms with E-state index in [1.807, 2.05) is 37.3 Å². The Morgan fingerprint density at radius 2 is 2.19 bits per heavy atom. The molecule has 7 heteroatoms. The Morgan fingerprint density at radius 3 is 2.89 bits per heavy atom. The standard InChI is InChI=1S/C20H15BrIN3O2/c1-3-9-27-18-8-5-13(10-16(18)22)12-23-25-19(4-2)24-17-7-6-14(21)11-15(17)20(25)26/h1,5-8,10-12H,4,9H2,2H3. The molecule has 3 aromatic rings. The zero-order valence-corrected chi connectivity index (χ0v) is 18.2. The summed E-state index contributed by atoms with van der Waals surface area (Å²) in [5.74, 6) is 3.77. The van der Waals surface area contributed by atoms with Crippen LogP contribution in [-0.2, 0) is 6.42 Å². The zero-order valence-electron chi connectivity index (χ0n) is 14.4. The molecule has 0 radical (unpaired) electrons. The summed E-state index contributed by atoms with van der Waals surface area (Å²) in [5.41, 5.74) is 1.31. The van der Waals surface area contributed by atoms with Gasteiger partial charge in [0, 0.05) is 10.9 Å². The maximum atomic E-state index is 12.9. The van der Waals surface area contributed by atoms with Gasteiger partial charge >= 0.3 is 0 Å². The van der Waals surface area contributed by atoms with E-state index in [0.717, 1.165) is 13.6 Å². The predicted octanol–water partition coefficient (Wildman–Crippen LogP) is 4.22. The molecule has 0 atom stereocenters. The minimum Gasteiger partial charge on any atom is -0.480 e. The molecule has 0 saturated heterocycles. The molecule has 0 saturated carbocycles. The quantitative estimate of drug-likeness (QED) is 0.279. The first-order chi connectivity index (χ1) is 13.0. The molecule has 0 amide bonds. The van der Waals surface area contributed by atoms with E-state index in [-0.39, 0.29) is 12.2 Å². The van der Waals surface area contributed by atoms with Crippen LogP contribution in [0.3, 0.4) is 0 Å². The summed E-state index contributed by atoms with van der Waals surface area (Å²) in [4.78, 5) is 17.4. The number of hydrogen-bond acceptors (Lipinski definition) is 4. The van der Waals surface area contributed by atoms with Gasteiger partial charge in [0.1, 0.15) is 18.2 Å². The molecule has 1 aromatic heterocycles. The molecule has 2 aromatic carbocycles. The van der Waals surface area contributed by atoms with E-state index < -0.39 is 0 Å². The second-order valence-electron chi connectivity index (χ2n) is 5.59. The summed E-state index contributed by atoms with van der Waals surface area (Å²) >= 11 is 5.57. The van der Waals surface area contributed by atoms with Crippen molar-refractivity contribution in [3.05, 3.63) is 66.2 Å². The van der Waals surface area contributed by atoms with Crippen LogP contribution in [0.4, 0.5) is 0 Å². The third kappa shape index (κ3) is 4.39. The van der Waals surface area contributed by atoms with Gasteiger partial charge in [-0.05, 0) is 64.6 Å². The lowest BCUT2D eigenvalue weighted by atomic mass is 10.2. The summed E-state index contributed by atoms with van der Waals surface area (Å²) in [5, 5.41) is 4.90. The third-order valence-electron chi connectivity index (χ3n) is 3.78. The first kappa shape index (κ1) is 19.6. The highest BCUT2D eigenvalue weighted by atomic mass is 127. The predicted molar refractivity (Wildman–Crippen MR) is 120 cm³/mol. The van der Waals surface area contributed by atoms with Gasteiger partial charge in [0.15, 0.2) is 0 Å². The summed E-state index contributed by atoms with van der Waals surface area (Å²) in [6.07, 6.45) is 7.45. The SMILES string of the molecule is C#CCOc1ccc(C=Nn2c(CC)nc3ccc(Br)cc3c2=O)cc1I. The molecule has 136 valence electrons. The number of aryl methyl sites for hydroxylation is 1. The van der Waals surface area contributed by atoms with Gasteiger partial charge in [-0.2, -0.15) is 9.78 Å². The fourth-order valence-electron chi connectivity index (χ4n) is 2.50. The minimum atomic E-state index is -0.196. The van der Waals surface area contributed by atoms with E-state index in [0.29, 0.717) is 28.9 Å². The van der Waals surface area contributed by atoms with Crippen molar-refractivity contribution < 1.29 is 4.74 Å². The summed E-state index contributed by atoms with van der Waals surface area (Å²) in [6.45, 7) is 2.16. The van der Waals surface area contributed by atoms with Crippen LogP contribution in [-0.4, -0.2) is 22.5 Å². The van der Waals surface area contributed by atoms with Gasteiger partial charge in [0.25, 0.3) is 5.56 Å². The van der Waals surface area contributed by atoms with Gasteiger partial charge in [-0.15, -0.1) is 6.42 Å². The Labute approximate surface area is 178 Å². The zero-order chi connectivity index (χ0) is 19.4. The van der Waals surface area contributed by atoms with Crippen molar-refractivity contribution in [3.8, 4) is 18.1 Å². The Balaban J connectivity index is 2.01. The molecular formula is C20H15BrIN3O2. The van der Waals surface area contributed by atoms with Crippen LogP contribution in [0.15, 0.2) is 50.8 Å². The Morgan fingerprint density at radius 1 is 1.37 bits per heavy atom. The van der Waals surface area contributed by atoms with Gasteiger partial charge in [-0.25, -0.2) is 4.98 Å². The van der Waals surface area contributed by atoms with Crippen LogP contribution in [0.25, 0.3) is 10.9 Å². The maximum Gasteiger partial charge on any atom is 0.282 e. The smallest absolute Gasteiger partial charge is 0.282 e. The molecule has 5 nitrogen and oxygen atoms in total. The fraction of sp³-hybridized carbons (Fsp3) is 0.150. The lowest BCUT2D eigenvalue weighted by molar-refractivity contribution is 0.368. The van der Waals surface area contributed by atoms with Crippen molar-refractivity contribution in [2.24, 2.45) is 5.10 Å². The number of hydrogen-bond donors (Lipinski definition) is 0. The number of nitrogens with zero attached hydrogens (tertiary/aromatic N) is 3. The second-order valence-corrected chi connectivity index (χ2v) is 7.67. The Kier molecular flexibility index (Phi) is 6.29. The van der Waals surface area contributed by atoms with Gasteiger partial charge in [-0.1, -0.05) is 28.8 Å². The van der Waals surface area contributed by atoms with Crippen LogP contribution in [0.1, 0.15) is 18.3 Å². The molecule has 27 heavy (non-hydrogen) atoms. The monoisotopic (exact) mass is 535 g/mol. The Bertz CT molecular complexity index is 1130. The first-order valence-corrected chi connectivity index (χ1v) is 10.0. The highest BCUT2D eigenvalue weighted by molar-refractivity contribution is 14.1. The molecule has 0 fully saturated rings. The molecule has 0 aliphatic carbocycles. The van der Waals surface area contributed by atoms with Crippen molar-refractivity contribution in [1.29, 1.82) is 0 Å². The van der Waals surface area contributed by atoms with Gasteiger partial charge in [0.2, 0.25) is 0 Å². The Hall–Kier alpha value is -2.18. The summed E-state index contributed by atoms with van der Waals surface area (Å²) in [6, 6.07) is 11.1. The first-order valence-electron chi connectivity index (χ1n) is 8.15. The summed E-state index contributed by atoms with van der Waals surface area (Å²) in [7, 11) is 0. The number of benzene rings is 2. The molecular weight excluding hydrogens is 521 g/mol. The third-order valence-corrected chi connectivity index (χ3v) is 5.12. The largest absolute Gasteiger partial charge is 0.480 e. The molecule has 1 heterocycles. The van der Waals surface area contributed by atoms with E-state index >= 15 is 0 Å². The van der Waals surface area contributed by atoms with Crippen LogP contribution >= 0.6 is 38.5 Å². The van der Waals surface area contributed by atoms with Crippen molar-refractivity contribution >= 4 is 55.6 Å². The molecule has 0 aliphatic rings. The molecule has 0 N–H and O–H groups in total. The molecule has 0 spiro atoms. The second kappa shape index (κ2) is 8.67. The fourth-order valence-corrected chi connectivity index (χ4v) is 3.56. The van der Waals surface area contributed by atoms with E-state index in [1.54, 1.807) is 12.3 Å². The van der Waals surface area contributed by atoms with E-state index in [2.05, 4.69) is 54.5 Å². The van der Waals surface area contributed by atoms with Crippen molar-refractivity contribution in [2.45, 2.75) is 13.3 Å². The number of terminal acetylenes is 1. The number of fused-ring (bicyclic) bond motifs is 1. The molecule has 0 aliphatic heterocycles. The van der Waals surface area contributed by atoms with Crippen LogP contribution < -0.4 is 10.3 Å². The van der Waals surface area contributed by atoms with Crippen LogP contribution in [0.5, 0.6) is 5.75 Å². The van der Waals surface area contributed by atoms with Crippen molar-refractivity contribution in [3.63, 3.8) is 0 Å².